The van der Waals surface area contributed by atoms with Crippen molar-refractivity contribution in [1.82, 2.24) is 0 Å². The molecule has 3 nitrogen and oxygen atoms in total. The maximum Gasteiger partial charge on any atom is 0.193 e. The van der Waals surface area contributed by atoms with Gasteiger partial charge >= 0.3 is 0 Å². The lowest BCUT2D eigenvalue weighted by molar-refractivity contribution is 0.0991. The Kier molecular flexibility index (Phi) is 6.67. The zero-order chi connectivity index (χ0) is 22.8. The standard InChI is InChI=1S/C27H27O3P/c1-17-14-21(27(3,4)5)15-18(2)25(17)24(28)16-20-8-6-7-9-23(20)26(29)19-10-12-22(31-30)13-11-19/h6-15H,16H2,1-5H3. The first-order valence-corrected chi connectivity index (χ1v) is 11.1. The first kappa shape index (κ1) is 22.8. The average molecular weight is 430 g/mol. The number of hydrogen-bond donors (Lipinski definition) is 0. The molecule has 0 aliphatic heterocycles. The van der Waals surface area contributed by atoms with E-state index in [9.17, 15) is 14.2 Å². The Morgan fingerprint density at radius 3 is 2.00 bits per heavy atom. The van der Waals surface area contributed by atoms with Gasteiger partial charge < -0.3 is 0 Å². The third kappa shape index (κ3) is 5.06. The first-order chi connectivity index (χ1) is 14.6. The smallest absolute Gasteiger partial charge is 0.193 e. The number of Topliss-reactive ketones (excluding diaryl/α,β-unsaturated/α-hetero) is 1. The Bertz CT molecular complexity index is 1130. The van der Waals surface area contributed by atoms with E-state index in [4.69, 9.17) is 0 Å². The topological polar surface area (TPSA) is 51.2 Å². The summed E-state index contributed by atoms with van der Waals surface area (Å²) in [7, 11) is -0.0777. The fraction of sp³-hybridized carbons (Fsp3) is 0.259. The Morgan fingerprint density at radius 2 is 1.45 bits per heavy atom. The Morgan fingerprint density at radius 1 is 0.871 bits per heavy atom. The zero-order valence-electron chi connectivity index (χ0n) is 18.7. The minimum Gasteiger partial charge on any atom is -0.294 e. The van der Waals surface area contributed by atoms with Crippen molar-refractivity contribution in [1.29, 1.82) is 0 Å². The minimum absolute atomic E-state index is 0.0104. The SMILES string of the molecule is Cc1cc(C(C)(C)C)cc(C)c1C(=O)Cc1ccccc1C(=O)c1ccc(P=O)cc1. The highest BCUT2D eigenvalue weighted by molar-refractivity contribution is 7.34. The highest BCUT2D eigenvalue weighted by Gasteiger charge is 2.21. The Hall–Kier alpha value is -2.90. The van der Waals surface area contributed by atoms with Crippen molar-refractivity contribution in [2.45, 2.75) is 46.5 Å². The van der Waals surface area contributed by atoms with Crippen molar-refractivity contribution in [2.24, 2.45) is 0 Å². The van der Waals surface area contributed by atoms with Crippen molar-refractivity contribution in [2.75, 3.05) is 0 Å². The molecule has 4 heteroatoms. The molecule has 0 unspecified atom stereocenters. The van der Waals surface area contributed by atoms with E-state index in [0.717, 1.165) is 16.7 Å². The molecule has 0 saturated carbocycles. The lowest BCUT2D eigenvalue weighted by Crippen LogP contribution is -2.16. The van der Waals surface area contributed by atoms with E-state index >= 15 is 0 Å². The summed E-state index contributed by atoms with van der Waals surface area (Å²) in [5.74, 6) is -0.134. The molecule has 3 rings (SSSR count). The van der Waals surface area contributed by atoms with E-state index in [2.05, 4.69) is 32.9 Å². The molecule has 0 atom stereocenters. The third-order valence-corrected chi connectivity index (χ3v) is 6.03. The van der Waals surface area contributed by atoms with Crippen LogP contribution in [0.25, 0.3) is 0 Å². The van der Waals surface area contributed by atoms with Crippen LogP contribution in [0.3, 0.4) is 0 Å². The predicted octanol–water partition coefficient (Wildman–Crippen LogP) is 6.17. The molecule has 0 fully saturated rings. The van der Waals surface area contributed by atoms with Crippen molar-refractivity contribution in [3.05, 3.63) is 99.6 Å². The highest BCUT2D eigenvalue weighted by Crippen LogP contribution is 2.28. The van der Waals surface area contributed by atoms with Crippen LogP contribution >= 0.6 is 8.46 Å². The van der Waals surface area contributed by atoms with Crippen LogP contribution in [0.15, 0.2) is 60.7 Å². The van der Waals surface area contributed by atoms with Gasteiger partial charge in [0.25, 0.3) is 0 Å². The van der Waals surface area contributed by atoms with Gasteiger partial charge in [0, 0.05) is 28.4 Å². The molecule has 0 bridgehead atoms. The van der Waals surface area contributed by atoms with E-state index in [1.807, 2.05) is 26.0 Å². The van der Waals surface area contributed by atoms with Crippen LogP contribution in [0.1, 0.15) is 69.3 Å². The maximum absolute atomic E-state index is 13.3. The summed E-state index contributed by atoms with van der Waals surface area (Å²) in [4.78, 5) is 26.3. The van der Waals surface area contributed by atoms with Gasteiger partial charge in [-0.2, -0.15) is 0 Å². The highest BCUT2D eigenvalue weighted by atomic mass is 31.1. The molecule has 31 heavy (non-hydrogen) atoms. The second kappa shape index (κ2) is 9.08. The number of rotatable bonds is 6. The predicted molar refractivity (Wildman–Crippen MR) is 126 cm³/mol. The molecular formula is C27H27O3P. The summed E-state index contributed by atoms with van der Waals surface area (Å²) in [6.07, 6.45) is 0.162. The number of carbonyl (C=O) groups excluding carboxylic acids is 2. The maximum atomic E-state index is 13.3. The van der Waals surface area contributed by atoms with E-state index < -0.39 is 0 Å². The molecule has 0 saturated heterocycles. The summed E-state index contributed by atoms with van der Waals surface area (Å²) < 4.78 is 11.0. The largest absolute Gasteiger partial charge is 0.294 e. The molecule has 0 aliphatic rings. The third-order valence-electron chi connectivity index (χ3n) is 5.53. The summed E-state index contributed by atoms with van der Waals surface area (Å²) >= 11 is 0. The second-order valence-corrected chi connectivity index (χ2v) is 9.66. The lowest BCUT2D eigenvalue weighted by Gasteiger charge is -2.22. The molecule has 0 N–H and O–H groups in total. The van der Waals surface area contributed by atoms with Crippen molar-refractivity contribution >= 4 is 25.3 Å². The minimum atomic E-state index is -0.144. The molecule has 3 aromatic rings. The van der Waals surface area contributed by atoms with Gasteiger partial charge in [-0.05, 0) is 65.8 Å². The van der Waals surface area contributed by atoms with Crippen molar-refractivity contribution in [3.63, 3.8) is 0 Å². The van der Waals surface area contributed by atoms with Gasteiger partial charge in [-0.3, -0.25) is 14.2 Å². The van der Waals surface area contributed by atoms with Gasteiger partial charge in [0.1, 0.15) is 0 Å². The van der Waals surface area contributed by atoms with Gasteiger partial charge in [-0.25, -0.2) is 0 Å². The summed E-state index contributed by atoms with van der Waals surface area (Å²) in [6.45, 7) is 10.4. The molecular weight excluding hydrogens is 403 g/mol. The van der Waals surface area contributed by atoms with Crippen LogP contribution < -0.4 is 5.30 Å². The van der Waals surface area contributed by atoms with Gasteiger partial charge in [-0.1, -0.05) is 57.2 Å². The molecule has 0 amide bonds. The van der Waals surface area contributed by atoms with E-state index in [-0.39, 0.29) is 31.9 Å². The van der Waals surface area contributed by atoms with E-state index in [1.54, 1.807) is 36.4 Å². The first-order valence-electron chi connectivity index (χ1n) is 10.3. The quantitative estimate of drug-likeness (QED) is 0.347. The number of ketones is 2. The molecule has 0 aromatic heterocycles. The summed E-state index contributed by atoms with van der Waals surface area (Å²) in [5, 5.41) is 0.615. The van der Waals surface area contributed by atoms with Crippen LogP contribution in [0.5, 0.6) is 0 Å². The van der Waals surface area contributed by atoms with Crippen LogP contribution in [0.2, 0.25) is 0 Å². The number of aryl methyl sites for hydroxylation is 2. The van der Waals surface area contributed by atoms with E-state index in [1.165, 1.54) is 5.56 Å². The van der Waals surface area contributed by atoms with Crippen molar-refractivity contribution < 1.29 is 14.2 Å². The fourth-order valence-electron chi connectivity index (χ4n) is 3.82. The van der Waals surface area contributed by atoms with Crippen molar-refractivity contribution in [3.8, 4) is 0 Å². The summed E-state index contributed by atoms with van der Waals surface area (Å²) in [6, 6.07) is 18.1. The number of carbonyl (C=O) groups is 2. The van der Waals surface area contributed by atoms with Gasteiger partial charge in [0.15, 0.2) is 20.0 Å². The molecule has 3 aromatic carbocycles. The van der Waals surface area contributed by atoms with Crippen LogP contribution in [-0.2, 0) is 16.4 Å². The second-order valence-electron chi connectivity index (χ2n) is 8.96. The van der Waals surface area contributed by atoms with Gasteiger partial charge in [0.05, 0.1) is 0 Å². The Balaban J connectivity index is 1.93. The number of benzene rings is 3. The monoisotopic (exact) mass is 430 g/mol. The van der Waals surface area contributed by atoms with Crippen LogP contribution in [0.4, 0.5) is 0 Å². The van der Waals surface area contributed by atoms with Gasteiger partial charge in [-0.15, -0.1) is 0 Å². The Labute approximate surface area is 185 Å². The molecule has 0 radical (unpaired) electrons. The normalized spacial score (nSPS) is 11.5. The molecule has 0 spiro atoms. The van der Waals surface area contributed by atoms with Crippen LogP contribution in [-0.4, -0.2) is 11.6 Å². The molecule has 0 aliphatic carbocycles. The van der Waals surface area contributed by atoms with E-state index in [0.29, 0.717) is 22.0 Å². The van der Waals surface area contributed by atoms with Gasteiger partial charge in [0.2, 0.25) is 0 Å². The molecule has 0 heterocycles. The fourth-order valence-corrected chi connectivity index (χ4v) is 4.09. The average Bonchev–Trinajstić information content (AvgIpc) is 2.72. The van der Waals surface area contributed by atoms with Crippen LogP contribution in [0, 0.1) is 13.8 Å². The zero-order valence-corrected chi connectivity index (χ0v) is 19.5. The molecule has 158 valence electrons. The summed E-state index contributed by atoms with van der Waals surface area (Å²) in [5.41, 5.74) is 5.61. The number of hydrogen-bond acceptors (Lipinski definition) is 3. The lowest BCUT2D eigenvalue weighted by atomic mass is 9.82.